The number of anilines is 2. The van der Waals surface area contributed by atoms with Crippen LogP contribution < -0.4 is 19.7 Å². The molecule has 24 heavy (non-hydrogen) atoms. The van der Waals surface area contributed by atoms with Gasteiger partial charge in [-0.25, -0.2) is 13.2 Å². The van der Waals surface area contributed by atoms with Crippen LogP contribution in [0.2, 0.25) is 0 Å². The standard InChI is InChI=1S/C16H25N3O4S/c1-12(2)7-8-17-16(20)18-14-11-13(5-6-15(14)23-3)19-9-4-10-24(19,21)22/h5-6,11-12H,4,7-10H2,1-3H3,(H2,17,18,20). The molecule has 0 atom stereocenters. The smallest absolute Gasteiger partial charge is 0.319 e. The van der Waals surface area contributed by atoms with E-state index in [1.54, 1.807) is 18.2 Å². The summed E-state index contributed by atoms with van der Waals surface area (Å²) in [6, 6.07) is 4.63. The zero-order valence-electron chi connectivity index (χ0n) is 14.3. The third kappa shape index (κ3) is 4.53. The predicted molar refractivity (Wildman–Crippen MR) is 95.2 cm³/mol. The second-order valence-corrected chi connectivity index (χ2v) is 8.20. The maximum atomic E-state index is 12.1. The van der Waals surface area contributed by atoms with Crippen LogP contribution in [0.3, 0.4) is 0 Å². The number of benzene rings is 1. The molecule has 0 aromatic heterocycles. The maximum Gasteiger partial charge on any atom is 0.319 e. The highest BCUT2D eigenvalue weighted by atomic mass is 32.2. The molecule has 1 aliphatic heterocycles. The molecule has 2 rings (SSSR count). The molecule has 0 aliphatic carbocycles. The number of ether oxygens (including phenoxy) is 1. The lowest BCUT2D eigenvalue weighted by Crippen LogP contribution is -2.30. The van der Waals surface area contributed by atoms with Crippen LogP contribution in [0.4, 0.5) is 16.2 Å². The zero-order valence-corrected chi connectivity index (χ0v) is 15.1. The molecule has 1 saturated heterocycles. The van der Waals surface area contributed by atoms with Crippen molar-refractivity contribution in [2.45, 2.75) is 26.7 Å². The van der Waals surface area contributed by atoms with Crippen molar-refractivity contribution in [1.29, 1.82) is 0 Å². The fourth-order valence-corrected chi connectivity index (χ4v) is 4.08. The Kier molecular flexibility index (Phi) is 5.93. The summed E-state index contributed by atoms with van der Waals surface area (Å²) in [7, 11) is -1.76. The highest BCUT2D eigenvalue weighted by molar-refractivity contribution is 7.93. The number of carbonyl (C=O) groups is 1. The maximum absolute atomic E-state index is 12.1. The SMILES string of the molecule is COc1ccc(N2CCCS2(=O)=O)cc1NC(=O)NCCC(C)C. The molecular formula is C16H25N3O4S. The van der Waals surface area contributed by atoms with Gasteiger partial charge in [0.1, 0.15) is 5.75 Å². The summed E-state index contributed by atoms with van der Waals surface area (Å²) < 4.78 is 30.7. The highest BCUT2D eigenvalue weighted by Gasteiger charge is 2.29. The van der Waals surface area contributed by atoms with E-state index >= 15 is 0 Å². The second-order valence-electron chi connectivity index (χ2n) is 6.19. The van der Waals surface area contributed by atoms with Gasteiger partial charge in [0.05, 0.1) is 24.2 Å². The van der Waals surface area contributed by atoms with E-state index < -0.39 is 10.0 Å². The van der Waals surface area contributed by atoms with Crippen LogP contribution in [0.15, 0.2) is 18.2 Å². The summed E-state index contributed by atoms with van der Waals surface area (Å²) >= 11 is 0. The van der Waals surface area contributed by atoms with E-state index in [1.807, 2.05) is 0 Å². The van der Waals surface area contributed by atoms with Crippen molar-refractivity contribution in [1.82, 2.24) is 5.32 Å². The van der Waals surface area contributed by atoms with Crippen molar-refractivity contribution in [3.05, 3.63) is 18.2 Å². The predicted octanol–water partition coefficient (Wildman–Crippen LogP) is 2.40. The number of nitrogens with one attached hydrogen (secondary N) is 2. The van der Waals surface area contributed by atoms with Crippen molar-refractivity contribution in [2.24, 2.45) is 5.92 Å². The van der Waals surface area contributed by atoms with Crippen LogP contribution in [-0.4, -0.2) is 40.4 Å². The number of nitrogens with zero attached hydrogens (tertiary/aromatic N) is 1. The van der Waals surface area contributed by atoms with E-state index in [0.717, 1.165) is 6.42 Å². The molecule has 0 unspecified atom stereocenters. The van der Waals surface area contributed by atoms with Crippen LogP contribution in [-0.2, 0) is 10.0 Å². The first-order valence-electron chi connectivity index (χ1n) is 8.07. The van der Waals surface area contributed by atoms with Crippen LogP contribution >= 0.6 is 0 Å². The fourth-order valence-electron chi connectivity index (χ4n) is 2.52. The number of amides is 2. The van der Waals surface area contributed by atoms with Crippen LogP contribution in [0.5, 0.6) is 5.75 Å². The number of sulfonamides is 1. The van der Waals surface area contributed by atoms with E-state index in [9.17, 15) is 13.2 Å². The van der Waals surface area contributed by atoms with Gasteiger partial charge in [-0.3, -0.25) is 4.31 Å². The van der Waals surface area contributed by atoms with Gasteiger partial charge in [0.15, 0.2) is 0 Å². The van der Waals surface area contributed by atoms with Gasteiger partial charge < -0.3 is 15.4 Å². The quantitative estimate of drug-likeness (QED) is 0.820. The molecule has 2 N–H and O–H groups in total. The summed E-state index contributed by atoms with van der Waals surface area (Å²) in [5.74, 6) is 1.13. The largest absolute Gasteiger partial charge is 0.495 e. The molecule has 1 aliphatic rings. The minimum Gasteiger partial charge on any atom is -0.495 e. The van der Waals surface area contributed by atoms with Crippen molar-refractivity contribution >= 4 is 27.4 Å². The number of hydrogen-bond donors (Lipinski definition) is 2. The Labute approximate surface area is 143 Å². The minimum atomic E-state index is -3.26. The first-order valence-corrected chi connectivity index (χ1v) is 9.67. The van der Waals surface area contributed by atoms with Crippen LogP contribution in [0.1, 0.15) is 26.7 Å². The molecule has 7 nitrogen and oxygen atoms in total. The molecule has 0 spiro atoms. The highest BCUT2D eigenvalue weighted by Crippen LogP contribution is 2.32. The van der Waals surface area contributed by atoms with Gasteiger partial charge in [-0.2, -0.15) is 0 Å². The number of carbonyl (C=O) groups excluding carboxylic acids is 1. The van der Waals surface area contributed by atoms with Gasteiger partial charge in [0.2, 0.25) is 10.0 Å². The summed E-state index contributed by atoms with van der Waals surface area (Å²) in [5, 5.41) is 5.51. The normalized spacial score (nSPS) is 16.2. The summed E-state index contributed by atoms with van der Waals surface area (Å²) in [5.41, 5.74) is 0.977. The Hall–Kier alpha value is -1.96. The molecule has 2 amide bonds. The van der Waals surface area contributed by atoms with Gasteiger partial charge in [-0.1, -0.05) is 13.8 Å². The van der Waals surface area contributed by atoms with Gasteiger partial charge in [0.25, 0.3) is 0 Å². The average molecular weight is 355 g/mol. The summed E-state index contributed by atoms with van der Waals surface area (Å²) in [4.78, 5) is 12.0. The Balaban J connectivity index is 2.13. The molecule has 1 fully saturated rings. The first kappa shape index (κ1) is 18.4. The Bertz CT molecular complexity index is 689. The van der Waals surface area contributed by atoms with Crippen LogP contribution in [0.25, 0.3) is 0 Å². The van der Waals surface area contributed by atoms with Gasteiger partial charge in [-0.15, -0.1) is 0 Å². The number of hydrogen-bond acceptors (Lipinski definition) is 4. The van der Waals surface area contributed by atoms with E-state index in [1.165, 1.54) is 11.4 Å². The summed E-state index contributed by atoms with van der Waals surface area (Å²) in [6.07, 6.45) is 1.49. The Morgan fingerprint density at radius 3 is 2.71 bits per heavy atom. The van der Waals surface area contributed by atoms with E-state index in [-0.39, 0.29) is 11.8 Å². The molecule has 0 bridgehead atoms. The van der Waals surface area contributed by atoms with Crippen molar-refractivity contribution in [3.63, 3.8) is 0 Å². The molecule has 8 heteroatoms. The van der Waals surface area contributed by atoms with Gasteiger partial charge in [0, 0.05) is 13.1 Å². The summed E-state index contributed by atoms with van der Waals surface area (Å²) in [6.45, 7) is 5.20. The van der Waals surface area contributed by atoms with Crippen molar-refractivity contribution in [2.75, 3.05) is 35.6 Å². The fraction of sp³-hybridized carbons (Fsp3) is 0.562. The molecule has 0 saturated carbocycles. The van der Waals surface area contributed by atoms with E-state index in [0.29, 0.717) is 42.6 Å². The Morgan fingerprint density at radius 2 is 2.12 bits per heavy atom. The molecule has 134 valence electrons. The van der Waals surface area contributed by atoms with Crippen LogP contribution in [0, 0.1) is 5.92 Å². The topological polar surface area (TPSA) is 87.7 Å². The number of urea groups is 1. The van der Waals surface area contributed by atoms with Crippen molar-refractivity contribution in [3.8, 4) is 5.75 Å². The molecule has 0 radical (unpaired) electrons. The zero-order chi connectivity index (χ0) is 17.7. The van der Waals surface area contributed by atoms with E-state index in [2.05, 4.69) is 24.5 Å². The van der Waals surface area contributed by atoms with Gasteiger partial charge >= 0.3 is 6.03 Å². The minimum absolute atomic E-state index is 0.150. The van der Waals surface area contributed by atoms with E-state index in [4.69, 9.17) is 4.74 Å². The van der Waals surface area contributed by atoms with Crippen molar-refractivity contribution < 1.29 is 17.9 Å². The average Bonchev–Trinajstić information content (AvgIpc) is 2.86. The second kappa shape index (κ2) is 7.74. The molecular weight excluding hydrogens is 330 g/mol. The van der Waals surface area contributed by atoms with Gasteiger partial charge in [-0.05, 0) is 37.0 Å². The number of rotatable bonds is 6. The third-order valence-corrected chi connectivity index (χ3v) is 5.70. The molecule has 1 heterocycles. The lowest BCUT2D eigenvalue weighted by molar-refractivity contribution is 0.251. The lowest BCUT2D eigenvalue weighted by Gasteiger charge is -2.19. The molecule has 1 aromatic rings. The Morgan fingerprint density at radius 1 is 1.38 bits per heavy atom. The lowest BCUT2D eigenvalue weighted by atomic mass is 10.1. The monoisotopic (exact) mass is 355 g/mol. The number of methoxy groups -OCH3 is 1. The first-order chi connectivity index (χ1) is 11.3. The molecule has 1 aromatic carbocycles. The third-order valence-electron chi connectivity index (χ3n) is 3.83.